The molecule has 0 spiro atoms. The predicted molar refractivity (Wildman–Crippen MR) is 85.1 cm³/mol. The summed E-state index contributed by atoms with van der Waals surface area (Å²) < 4.78 is 14.0. The van der Waals surface area contributed by atoms with Gasteiger partial charge in [-0.2, -0.15) is 0 Å². The van der Waals surface area contributed by atoms with Gasteiger partial charge in [-0.1, -0.05) is 19.4 Å². The zero-order valence-corrected chi connectivity index (χ0v) is 13.7. The van der Waals surface area contributed by atoms with Crippen LogP contribution in [0, 0.1) is 11.7 Å². The molecule has 1 aromatic carbocycles. The smallest absolute Gasteiger partial charge is 0.137 e. The second-order valence-corrected chi connectivity index (χ2v) is 6.50. The van der Waals surface area contributed by atoms with Gasteiger partial charge in [0.25, 0.3) is 0 Å². The van der Waals surface area contributed by atoms with Crippen molar-refractivity contribution >= 4 is 15.9 Å². The van der Waals surface area contributed by atoms with Gasteiger partial charge in [0.2, 0.25) is 0 Å². The van der Waals surface area contributed by atoms with Crippen molar-refractivity contribution in [2.45, 2.75) is 38.6 Å². The molecule has 112 valence electrons. The number of likely N-dealkylation sites (tertiary alicyclic amines) is 1. The minimum absolute atomic E-state index is 0.200. The minimum Gasteiger partial charge on any atom is -0.330 e. The van der Waals surface area contributed by atoms with Crippen LogP contribution in [0.4, 0.5) is 4.39 Å². The van der Waals surface area contributed by atoms with Crippen LogP contribution in [0.5, 0.6) is 0 Å². The van der Waals surface area contributed by atoms with Crippen molar-refractivity contribution < 1.29 is 4.39 Å². The van der Waals surface area contributed by atoms with E-state index in [2.05, 4.69) is 27.8 Å². The van der Waals surface area contributed by atoms with Crippen molar-refractivity contribution in [3.63, 3.8) is 0 Å². The second-order valence-electron chi connectivity index (χ2n) is 5.65. The molecule has 0 amide bonds. The summed E-state index contributed by atoms with van der Waals surface area (Å²) in [5, 5.41) is 0. The Labute approximate surface area is 129 Å². The molecule has 2 atom stereocenters. The van der Waals surface area contributed by atoms with E-state index in [0.717, 1.165) is 25.9 Å². The fourth-order valence-corrected chi connectivity index (χ4v) is 3.68. The van der Waals surface area contributed by atoms with E-state index in [0.29, 0.717) is 23.0 Å². The fraction of sp³-hybridized carbons (Fsp3) is 0.625. The molecule has 0 aromatic heterocycles. The van der Waals surface area contributed by atoms with E-state index < -0.39 is 0 Å². The molecular formula is C16H24BrFN2. The molecule has 4 heteroatoms. The Hall–Kier alpha value is -0.450. The molecule has 0 bridgehead atoms. The highest BCUT2D eigenvalue weighted by Crippen LogP contribution is 2.36. The molecule has 0 aliphatic carbocycles. The quantitative estimate of drug-likeness (QED) is 0.892. The van der Waals surface area contributed by atoms with Crippen LogP contribution in [0.1, 0.15) is 44.2 Å². The van der Waals surface area contributed by atoms with E-state index in [-0.39, 0.29) is 5.82 Å². The molecule has 1 saturated heterocycles. The fourth-order valence-electron chi connectivity index (χ4n) is 3.28. The first-order valence-corrected chi connectivity index (χ1v) is 8.35. The van der Waals surface area contributed by atoms with E-state index >= 15 is 0 Å². The average Bonchev–Trinajstić information content (AvgIpc) is 2.64. The van der Waals surface area contributed by atoms with Crippen LogP contribution < -0.4 is 5.73 Å². The number of benzene rings is 1. The summed E-state index contributed by atoms with van der Waals surface area (Å²) in [6, 6.07) is 5.72. The van der Waals surface area contributed by atoms with Gasteiger partial charge in [-0.3, -0.25) is 4.90 Å². The van der Waals surface area contributed by atoms with Gasteiger partial charge >= 0.3 is 0 Å². The zero-order chi connectivity index (χ0) is 14.5. The lowest BCUT2D eigenvalue weighted by molar-refractivity contribution is 0.158. The first kappa shape index (κ1) is 15.9. The van der Waals surface area contributed by atoms with E-state index in [9.17, 15) is 4.39 Å². The molecule has 1 fully saturated rings. The maximum atomic E-state index is 13.5. The first-order valence-electron chi connectivity index (χ1n) is 7.56. The van der Waals surface area contributed by atoms with Crippen molar-refractivity contribution in [2.75, 3.05) is 19.6 Å². The summed E-state index contributed by atoms with van der Waals surface area (Å²) in [6.07, 6.45) is 4.77. The monoisotopic (exact) mass is 342 g/mol. The Bertz CT molecular complexity index is 438. The van der Waals surface area contributed by atoms with Crippen molar-refractivity contribution in [1.29, 1.82) is 0 Å². The SMILES string of the molecule is CCCN1CCCCC(CN)C1c1ccc(F)c(Br)c1. The van der Waals surface area contributed by atoms with E-state index in [1.165, 1.54) is 18.4 Å². The number of halogens is 2. The number of nitrogens with two attached hydrogens (primary N) is 1. The Morgan fingerprint density at radius 2 is 2.20 bits per heavy atom. The van der Waals surface area contributed by atoms with Gasteiger partial charge in [-0.15, -0.1) is 0 Å². The largest absolute Gasteiger partial charge is 0.330 e. The summed E-state index contributed by atoms with van der Waals surface area (Å²) >= 11 is 3.31. The van der Waals surface area contributed by atoms with Gasteiger partial charge in [0.1, 0.15) is 5.82 Å². The minimum atomic E-state index is -0.200. The van der Waals surface area contributed by atoms with Crippen LogP contribution in [-0.2, 0) is 0 Å². The van der Waals surface area contributed by atoms with Crippen LogP contribution in [0.3, 0.4) is 0 Å². The Kier molecular flexibility index (Phi) is 6.00. The van der Waals surface area contributed by atoms with Crippen LogP contribution >= 0.6 is 15.9 Å². The highest BCUT2D eigenvalue weighted by molar-refractivity contribution is 9.10. The van der Waals surface area contributed by atoms with Crippen LogP contribution in [0.15, 0.2) is 22.7 Å². The maximum absolute atomic E-state index is 13.5. The number of rotatable bonds is 4. The molecule has 0 radical (unpaired) electrons. The molecule has 2 rings (SSSR count). The third-order valence-corrected chi connectivity index (χ3v) is 4.82. The lowest BCUT2D eigenvalue weighted by Gasteiger charge is -2.35. The van der Waals surface area contributed by atoms with E-state index in [1.54, 1.807) is 6.07 Å². The molecule has 1 heterocycles. The van der Waals surface area contributed by atoms with E-state index in [4.69, 9.17) is 5.73 Å². The van der Waals surface area contributed by atoms with Crippen LogP contribution in [-0.4, -0.2) is 24.5 Å². The zero-order valence-electron chi connectivity index (χ0n) is 12.1. The topological polar surface area (TPSA) is 29.3 Å². The third kappa shape index (κ3) is 3.60. The molecule has 2 unspecified atom stereocenters. The van der Waals surface area contributed by atoms with Crippen molar-refractivity contribution in [3.8, 4) is 0 Å². The highest BCUT2D eigenvalue weighted by atomic mass is 79.9. The van der Waals surface area contributed by atoms with Crippen LogP contribution in [0.25, 0.3) is 0 Å². The standard InChI is InChI=1S/C16H24BrFN2/c1-2-8-20-9-4-3-5-13(11-19)16(20)12-6-7-15(18)14(17)10-12/h6-7,10,13,16H,2-5,8-9,11,19H2,1H3. The predicted octanol–water partition coefficient (Wildman–Crippen LogP) is 4.10. The van der Waals surface area contributed by atoms with Crippen molar-refractivity contribution in [1.82, 2.24) is 4.90 Å². The lowest BCUT2D eigenvalue weighted by atomic mass is 9.89. The molecule has 0 saturated carbocycles. The Balaban J connectivity index is 2.34. The average molecular weight is 343 g/mol. The van der Waals surface area contributed by atoms with E-state index in [1.807, 2.05) is 12.1 Å². The van der Waals surface area contributed by atoms with Crippen LogP contribution in [0.2, 0.25) is 0 Å². The molecular weight excluding hydrogens is 319 g/mol. The summed E-state index contributed by atoms with van der Waals surface area (Å²) in [4.78, 5) is 2.53. The summed E-state index contributed by atoms with van der Waals surface area (Å²) in [5.41, 5.74) is 7.20. The number of hydrogen-bond acceptors (Lipinski definition) is 2. The lowest BCUT2D eigenvalue weighted by Crippen LogP contribution is -2.36. The maximum Gasteiger partial charge on any atom is 0.137 e. The number of nitrogens with zero attached hydrogens (tertiary/aromatic N) is 1. The summed E-state index contributed by atoms with van der Waals surface area (Å²) in [5.74, 6) is 0.259. The van der Waals surface area contributed by atoms with Gasteiger partial charge in [0, 0.05) is 6.04 Å². The summed E-state index contributed by atoms with van der Waals surface area (Å²) in [6.45, 7) is 5.10. The molecule has 1 aliphatic rings. The summed E-state index contributed by atoms with van der Waals surface area (Å²) in [7, 11) is 0. The molecule has 20 heavy (non-hydrogen) atoms. The molecule has 2 nitrogen and oxygen atoms in total. The normalized spacial score (nSPS) is 24.6. The Morgan fingerprint density at radius 3 is 2.85 bits per heavy atom. The third-order valence-electron chi connectivity index (χ3n) is 4.21. The number of hydrogen-bond donors (Lipinski definition) is 1. The van der Waals surface area contributed by atoms with Gasteiger partial charge in [0.05, 0.1) is 4.47 Å². The molecule has 1 aromatic rings. The molecule has 2 N–H and O–H groups in total. The molecule has 1 aliphatic heterocycles. The first-order chi connectivity index (χ1) is 9.67. The van der Waals surface area contributed by atoms with Crippen molar-refractivity contribution in [3.05, 3.63) is 34.1 Å². The highest BCUT2D eigenvalue weighted by Gasteiger charge is 2.30. The Morgan fingerprint density at radius 1 is 1.40 bits per heavy atom. The second kappa shape index (κ2) is 7.53. The van der Waals surface area contributed by atoms with Crippen molar-refractivity contribution in [2.24, 2.45) is 11.7 Å². The van der Waals surface area contributed by atoms with Gasteiger partial charge in [-0.05, 0) is 78.4 Å². The van der Waals surface area contributed by atoms with Gasteiger partial charge < -0.3 is 5.73 Å². The van der Waals surface area contributed by atoms with Gasteiger partial charge in [-0.25, -0.2) is 4.39 Å². The van der Waals surface area contributed by atoms with Gasteiger partial charge in [0.15, 0.2) is 0 Å².